The van der Waals surface area contributed by atoms with Crippen molar-refractivity contribution in [1.82, 2.24) is 5.32 Å². The van der Waals surface area contributed by atoms with Crippen molar-refractivity contribution in [1.29, 1.82) is 0 Å². The number of amides is 1. The van der Waals surface area contributed by atoms with Crippen LogP contribution in [0.2, 0.25) is 5.02 Å². The largest absolute Gasteiger partial charge is 0.489 e. The van der Waals surface area contributed by atoms with Crippen LogP contribution in [0.1, 0.15) is 47.1 Å². The third-order valence-electron chi connectivity index (χ3n) is 3.16. The Morgan fingerprint density at radius 1 is 1.11 bits per heavy atom. The van der Waals surface area contributed by atoms with Gasteiger partial charge in [0.25, 0.3) is 0 Å². The maximum Gasteiger partial charge on any atom is 0.489 e. The van der Waals surface area contributed by atoms with E-state index in [9.17, 15) is 19.6 Å². The summed E-state index contributed by atoms with van der Waals surface area (Å²) in [5, 5.41) is 21.5. The summed E-state index contributed by atoms with van der Waals surface area (Å²) >= 11 is 5.93. The van der Waals surface area contributed by atoms with Gasteiger partial charge in [-0.05, 0) is 53.2 Å². The molecule has 0 fully saturated rings. The highest BCUT2D eigenvalue weighted by Crippen LogP contribution is 2.15. The Hall–Kier alpha value is -1.77. The van der Waals surface area contributed by atoms with E-state index in [1.54, 1.807) is 47.6 Å². The van der Waals surface area contributed by atoms with Crippen molar-refractivity contribution in [2.75, 3.05) is 0 Å². The summed E-state index contributed by atoms with van der Waals surface area (Å²) in [5.74, 6) is -0.630. The molecule has 0 aliphatic heterocycles. The number of hydrogen-bond donors (Lipinski definition) is 3. The van der Waals surface area contributed by atoms with E-state index in [0.29, 0.717) is 5.56 Å². The fraction of sp³-hybridized carbons (Fsp3) is 0.556. The lowest BCUT2D eigenvalue weighted by Gasteiger charge is -2.26. The van der Waals surface area contributed by atoms with Crippen LogP contribution in [-0.4, -0.2) is 46.5 Å². The van der Waals surface area contributed by atoms with E-state index < -0.39 is 36.4 Å². The first kappa shape index (κ1) is 23.3. The van der Waals surface area contributed by atoms with Crippen LogP contribution in [-0.2, 0) is 20.7 Å². The van der Waals surface area contributed by atoms with Crippen LogP contribution >= 0.6 is 11.6 Å². The van der Waals surface area contributed by atoms with Gasteiger partial charge in [0.15, 0.2) is 0 Å². The first-order chi connectivity index (χ1) is 12.2. The summed E-state index contributed by atoms with van der Waals surface area (Å²) in [5.41, 5.74) is -0.794. The predicted octanol–water partition coefficient (Wildman–Crippen LogP) is 1.80. The number of esters is 1. The van der Waals surface area contributed by atoms with Gasteiger partial charge in [-0.2, -0.15) is 0 Å². The smallest absolute Gasteiger partial charge is 0.458 e. The lowest BCUT2D eigenvalue weighted by Crippen LogP contribution is -2.47. The molecule has 0 saturated heterocycles. The Morgan fingerprint density at radius 3 is 2.15 bits per heavy atom. The van der Waals surface area contributed by atoms with Crippen LogP contribution in [0.3, 0.4) is 0 Å². The lowest BCUT2D eigenvalue weighted by molar-refractivity contribution is -0.157. The third kappa shape index (κ3) is 8.64. The maximum absolute atomic E-state index is 12.5. The van der Waals surface area contributed by atoms with E-state index in [1.807, 2.05) is 0 Å². The van der Waals surface area contributed by atoms with Crippen molar-refractivity contribution >= 4 is 36.2 Å². The Kier molecular flexibility index (Phi) is 7.71. The first-order valence-corrected chi connectivity index (χ1v) is 8.92. The van der Waals surface area contributed by atoms with Crippen LogP contribution in [0.15, 0.2) is 18.2 Å². The second-order valence-electron chi connectivity index (χ2n) is 8.17. The summed E-state index contributed by atoms with van der Waals surface area (Å²) in [6.07, 6.45) is -0.694. The zero-order chi connectivity index (χ0) is 21.0. The van der Waals surface area contributed by atoms with Gasteiger partial charge in [0, 0.05) is 16.9 Å². The Morgan fingerprint density at radius 2 is 1.67 bits per heavy atom. The van der Waals surface area contributed by atoms with Gasteiger partial charge in [-0.25, -0.2) is 9.59 Å². The molecular weight excluding hydrogens is 372 g/mol. The van der Waals surface area contributed by atoms with Crippen LogP contribution < -0.4 is 10.8 Å². The van der Waals surface area contributed by atoms with Gasteiger partial charge in [-0.15, -0.1) is 0 Å². The molecule has 1 aromatic carbocycles. The summed E-state index contributed by atoms with van der Waals surface area (Å²) in [6, 6.07) is 3.55. The molecule has 0 radical (unpaired) electrons. The van der Waals surface area contributed by atoms with E-state index in [1.165, 1.54) is 12.1 Å². The Balaban J connectivity index is 3.05. The molecule has 27 heavy (non-hydrogen) atoms. The number of ether oxygens (including phenoxy) is 2. The molecule has 0 bridgehead atoms. The SMILES string of the molecule is CC(C)(C)OC(=O)N[C@@H](Cc1ccc(Cl)c(B(O)O)c1)C(=O)OC(C)(C)C. The van der Waals surface area contributed by atoms with E-state index in [0.717, 1.165) is 0 Å². The number of hydrogen-bond acceptors (Lipinski definition) is 6. The number of halogens is 1. The van der Waals surface area contributed by atoms with E-state index in [2.05, 4.69) is 5.32 Å². The van der Waals surface area contributed by atoms with Crippen LogP contribution in [0.4, 0.5) is 4.79 Å². The van der Waals surface area contributed by atoms with E-state index in [-0.39, 0.29) is 16.9 Å². The highest BCUT2D eigenvalue weighted by molar-refractivity contribution is 6.62. The highest BCUT2D eigenvalue weighted by atomic mass is 35.5. The number of nitrogens with one attached hydrogen (secondary N) is 1. The average molecular weight is 400 g/mol. The molecular formula is C18H27BClNO6. The zero-order valence-electron chi connectivity index (χ0n) is 16.5. The second kappa shape index (κ2) is 8.95. The molecule has 150 valence electrons. The molecule has 9 heteroatoms. The standard InChI is InChI=1S/C18H27BClNO6/c1-17(2,3)26-15(22)14(21-16(23)27-18(4,5)6)10-11-7-8-13(20)12(9-11)19(24)25/h7-9,14,24-25H,10H2,1-6H3,(H,21,23)/t14-/m0/s1. The normalized spacial score (nSPS) is 12.9. The molecule has 0 saturated carbocycles. The van der Waals surface area contributed by atoms with Gasteiger partial charge >= 0.3 is 19.2 Å². The minimum Gasteiger partial charge on any atom is -0.458 e. The molecule has 7 nitrogen and oxygen atoms in total. The summed E-state index contributed by atoms with van der Waals surface area (Å²) in [4.78, 5) is 24.6. The molecule has 0 aliphatic carbocycles. The molecule has 0 aromatic heterocycles. The van der Waals surface area contributed by atoms with Crippen molar-refractivity contribution in [3.63, 3.8) is 0 Å². The quantitative estimate of drug-likeness (QED) is 0.515. The van der Waals surface area contributed by atoms with Gasteiger partial charge in [0.2, 0.25) is 0 Å². The average Bonchev–Trinajstić information content (AvgIpc) is 2.44. The monoisotopic (exact) mass is 399 g/mol. The summed E-state index contributed by atoms with van der Waals surface area (Å²) < 4.78 is 10.6. The van der Waals surface area contributed by atoms with Gasteiger partial charge < -0.3 is 24.8 Å². The predicted molar refractivity (Wildman–Crippen MR) is 104 cm³/mol. The summed E-state index contributed by atoms with van der Waals surface area (Å²) in [6.45, 7) is 10.3. The van der Waals surface area contributed by atoms with Crippen molar-refractivity contribution in [3.8, 4) is 0 Å². The van der Waals surface area contributed by atoms with Gasteiger partial charge in [0.1, 0.15) is 17.2 Å². The zero-order valence-corrected chi connectivity index (χ0v) is 17.3. The topological polar surface area (TPSA) is 105 Å². The van der Waals surface area contributed by atoms with Crippen LogP contribution in [0.5, 0.6) is 0 Å². The lowest BCUT2D eigenvalue weighted by atomic mass is 9.79. The van der Waals surface area contributed by atoms with Gasteiger partial charge in [-0.1, -0.05) is 23.7 Å². The van der Waals surface area contributed by atoms with Gasteiger partial charge in [0.05, 0.1) is 0 Å². The first-order valence-electron chi connectivity index (χ1n) is 8.55. The Labute approximate surface area is 165 Å². The van der Waals surface area contributed by atoms with Crippen molar-refractivity contribution in [2.45, 2.75) is 65.2 Å². The second-order valence-corrected chi connectivity index (χ2v) is 8.57. The number of benzene rings is 1. The molecule has 0 heterocycles. The van der Waals surface area contributed by atoms with Crippen LogP contribution in [0.25, 0.3) is 0 Å². The molecule has 1 atom stereocenters. The number of rotatable bonds is 5. The fourth-order valence-electron chi connectivity index (χ4n) is 2.17. The number of carbonyl (C=O) groups is 2. The van der Waals surface area contributed by atoms with Crippen LogP contribution in [0, 0.1) is 0 Å². The van der Waals surface area contributed by atoms with Crippen molar-refractivity contribution < 1.29 is 29.1 Å². The molecule has 0 unspecified atom stereocenters. The molecule has 3 N–H and O–H groups in total. The minimum atomic E-state index is -1.75. The highest BCUT2D eigenvalue weighted by Gasteiger charge is 2.29. The van der Waals surface area contributed by atoms with Crippen molar-refractivity contribution in [2.24, 2.45) is 0 Å². The number of carbonyl (C=O) groups excluding carboxylic acids is 2. The molecule has 0 aliphatic rings. The molecule has 0 spiro atoms. The van der Waals surface area contributed by atoms with Crippen molar-refractivity contribution in [3.05, 3.63) is 28.8 Å². The fourth-order valence-corrected chi connectivity index (χ4v) is 2.38. The Bertz CT molecular complexity index is 681. The van der Waals surface area contributed by atoms with E-state index in [4.69, 9.17) is 21.1 Å². The summed E-state index contributed by atoms with van der Waals surface area (Å²) in [7, 11) is -1.75. The minimum absolute atomic E-state index is 0.0606. The van der Waals surface area contributed by atoms with E-state index >= 15 is 0 Å². The van der Waals surface area contributed by atoms with Gasteiger partial charge in [-0.3, -0.25) is 0 Å². The third-order valence-corrected chi connectivity index (χ3v) is 3.50. The number of alkyl carbamates (subject to hydrolysis) is 1. The molecule has 1 aromatic rings. The molecule has 1 rings (SSSR count). The maximum atomic E-state index is 12.5. The molecule has 1 amide bonds.